The van der Waals surface area contributed by atoms with Crippen molar-refractivity contribution in [2.24, 2.45) is 0 Å². The van der Waals surface area contributed by atoms with Gasteiger partial charge in [-0.05, 0) is 11.6 Å². The Morgan fingerprint density at radius 1 is 1.37 bits per heavy atom. The average molecular weight is 293 g/mol. The fraction of sp³-hybridized carbons (Fsp3) is 0.154. The van der Waals surface area contributed by atoms with Crippen molar-refractivity contribution >= 4 is 46.3 Å². The van der Waals surface area contributed by atoms with Gasteiger partial charge in [-0.15, -0.1) is 0 Å². The standard InChI is InChI=1S/C13H11NO3S2/c15-11(16)6-7-14-12(17)10(19-13(14)18)8-9-4-2-1-3-5-9/h1-5,8H,6-7H2,(H,15,16). The molecule has 1 N–H and O–H groups in total. The van der Waals surface area contributed by atoms with E-state index >= 15 is 0 Å². The first-order valence-electron chi connectivity index (χ1n) is 5.60. The number of rotatable bonds is 4. The number of carboxylic acids is 1. The lowest BCUT2D eigenvalue weighted by atomic mass is 10.2. The highest BCUT2D eigenvalue weighted by atomic mass is 32.2. The van der Waals surface area contributed by atoms with E-state index in [4.69, 9.17) is 17.3 Å². The lowest BCUT2D eigenvalue weighted by Gasteiger charge is -2.12. The quantitative estimate of drug-likeness (QED) is 0.682. The van der Waals surface area contributed by atoms with Crippen molar-refractivity contribution in [1.82, 2.24) is 4.90 Å². The Labute approximate surface area is 120 Å². The van der Waals surface area contributed by atoms with E-state index in [-0.39, 0.29) is 18.9 Å². The van der Waals surface area contributed by atoms with Crippen LogP contribution in [0.3, 0.4) is 0 Å². The van der Waals surface area contributed by atoms with Crippen LogP contribution < -0.4 is 0 Å². The van der Waals surface area contributed by atoms with E-state index in [1.54, 1.807) is 6.08 Å². The van der Waals surface area contributed by atoms with E-state index in [9.17, 15) is 9.59 Å². The zero-order valence-electron chi connectivity index (χ0n) is 9.91. The normalized spacial score (nSPS) is 17.3. The van der Waals surface area contributed by atoms with Gasteiger partial charge in [0.25, 0.3) is 5.91 Å². The van der Waals surface area contributed by atoms with Crippen molar-refractivity contribution in [2.75, 3.05) is 6.54 Å². The fourth-order valence-corrected chi connectivity index (χ4v) is 2.91. The predicted octanol–water partition coefficient (Wildman–Crippen LogP) is 2.36. The predicted molar refractivity (Wildman–Crippen MR) is 78.6 cm³/mol. The van der Waals surface area contributed by atoms with Crippen LogP contribution in [0.25, 0.3) is 6.08 Å². The minimum atomic E-state index is -0.943. The molecule has 0 aliphatic carbocycles. The van der Waals surface area contributed by atoms with Crippen LogP contribution >= 0.6 is 24.0 Å². The van der Waals surface area contributed by atoms with Gasteiger partial charge in [-0.2, -0.15) is 0 Å². The minimum absolute atomic E-state index is 0.106. The number of carbonyl (C=O) groups is 2. The number of nitrogens with zero attached hydrogens (tertiary/aromatic N) is 1. The topological polar surface area (TPSA) is 57.6 Å². The molecule has 0 unspecified atom stereocenters. The van der Waals surface area contributed by atoms with E-state index in [2.05, 4.69) is 0 Å². The molecule has 2 rings (SSSR count). The largest absolute Gasteiger partial charge is 0.481 e. The van der Waals surface area contributed by atoms with Gasteiger partial charge in [-0.1, -0.05) is 54.3 Å². The third kappa shape index (κ3) is 3.42. The van der Waals surface area contributed by atoms with Crippen molar-refractivity contribution in [1.29, 1.82) is 0 Å². The molecule has 0 aromatic heterocycles. The lowest BCUT2D eigenvalue weighted by molar-refractivity contribution is -0.137. The van der Waals surface area contributed by atoms with E-state index in [1.807, 2.05) is 30.3 Å². The molecule has 1 amide bonds. The van der Waals surface area contributed by atoms with Gasteiger partial charge in [0.1, 0.15) is 4.32 Å². The molecule has 4 nitrogen and oxygen atoms in total. The monoisotopic (exact) mass is 293 g/mol. The van der Waals surface area contributed by atoms with Gasteiger partial charge in [0.15, 0.2) is 0 Å². The second-order valence-corrected chi connectivity index (χ2v) is 5.56. The van der Waals surface area contributed by atoms with Crippen LogP contribution in [0, 0.1) is 0 Å². The number of thiocarbonyl (C=S) groups is 1. The summed E-state index contributed by atoms with van der Waals surface area (Å²) < 4.78 is 0.411. The number of carboxylic acid groups (broad SMARTS) is 1. The molecule has 1 fully saturated rings. The zero-order chi connectivity index (χ0) is 13.8. The Kier molecular flexibility index (Phi) is 4.34. The Morgan fingerprint density at radius 3 is 2.68 bits per heavy atom. The van der Waals surface area contributed by atoms with Gasteiger partial charge in [0, 0.05) is 6.54 Å². The molecule has 0 radical (unpaired) electrons. The van der Waals surface area contributed by atoms with Gasteiger partial charge in [-0.25, -0.2) is 0 Å². The molecule has 1 heterocycles. The first-order valence-corrected chi connectivity index (χ1v) is 6.82. The lowest BCUT2D eigenvalue weighted by Crippen LogP contribution is -2.30. The maximum absolute atomic E-state index is 12.1. The number of thioether (sulfide) groups is 1. The van der Waals surface area contributed by atoms with Crippen molar-refractivity contribution < 1.29 is 14.7 Å². The number of amides is 1. The third-order valence-corrected chi connectivity index (χ3v) is 3.90. The summed E-state index contributed by atoms with van der Waals surface area (Å²) >= 11 is 6.30. The van der Waals surface area contributed by atoms with E-state index in [0.717, 1.165) is 5.56 Å². The van der Waals surface area contributed by atoms with Crippen LogP contribution in [0.2, 0.25) is 0 Å². The molecule has 0 bridgehead atoms. The molecule has 0 saturated carbocycles. The first kappa shape index (κ1) is 13.8. The van der Waals surface area contributed by atoms with E-state index in [1.165, 1.54) is 16.7 Å². The Balaban J connectivity index is 2.14. The minimum Gasteiger partial charge on any atom is -0.481 e. The zero-order valence-corrected chi connectivity index (χ0v) is 11.5. The van der Waals surface area contributed by atoms with Crippen LogP contribution in [0.15, 0.2) is 35.2 Å². The Morgan fingerprint density at radius 2 is 2.05 bits per heavy atom. The van der Waals surface area contributed by atoms with Gasteiger partial charge in [0.2, 0.25) is 0 Å². The molecule has 19 heavy (non-hydrogen) atoms. The van der Waals surface area contributed by atoms with Crippen LogP contribution in [0.1, 0.15) is 12.0 Å². The maximum atomic E-state index is 12.1. The van der Waals surface area contributed by atoms with E-state index < -0.39 is 5.97 Å². The van der Waals surface area contributed by atoms with Gasteiger partial charge in [0.05, 0.1) is 11.3 Å². The molecule has 1 aliphatic rings. The number of benzene rings is 1. The molecule has 1 saturated heterocycles. The molecule has 1 aromatic rings. The summed E-state index contributed by atoms with van der Waals surface area (Å²) in [5.41, 5.74) is 0.918. The summed E-state index contributed by atoms with van der Waals surface area (Å²) in [6.07, 6.45) is 1.66. The average Bonchev–Trinajstić information content (AvgIpc) is 2.63. The molecular weight excluding hydrogens is 282 g/mol. The Hall–Kier alpha value is -1.66. The highest BCUT2D eigenvalue weighted by molar-refractivity contribution is 8.26. The third-order valence-electron chi connectivity index (χ3n) is 2.52. The number of hydrogen-bond donors (Lipinski definition) is 1. The van der Waals surface area contributed by atoms with Crippen LogP contribution in [0.4, 0.5) is 0 Å². The first-order chi connectivity index (χ1) is 9.08. The smallest absolute Gasteiger partial charge is 0.305 e. The fourth-order valence-electron chi connectivity index (χ4n) is 1.60. The van der Waals surface area contributed by atoms with Gasteiger partial charge in [-0.3, -0.25) is 14.5 Å². The SMILES string of the molecule is O=C(O)CCN1C(=O)C(=Cc2ccccc2)SC1=S. The highest BCUT2D eigenvalue weighted by Crippen LogP contribution is 2.32. The summed E-state index contributed by atoms with van der Waals surface area (Å²) in [5.74, 6) is -1.17. The highest BCUT2D eigenvalue weighted by Gasteiger charge is 2.31. The van der Waals surface area contributed by atoms with Crippen molar-refractivity contribution in [3.8, 4) is 0 Å². The molecule has 98 valence electrons. The molecule has 6 heteroatoms. The van der Waals surface area contributed by atoms with Crippen molar-refractivity contribution in [2.45, 2.75) is 6.42 Å². The van der Waals surface area contributed by atoms with Crippen molar-refractivity contribution in [3.63, 3.8) is 0 Å². The van der Waals surface area contributed by atoms with Crippen LogP contribution in [-0.4, -0.2) is 32.7 Å². The van der Waals surface area contributed by atoms with Crippen LogP contribution in [0.5, 0.6) is 0 Å². The molecular formula is C13H11NO3S2. The maximum Gasteiger partial charge on any atom is 0.305 e. The molecule has 1 aliphatic heterocycles. The summed E-state index contributed by atoms with van der Waals surface area (Å²) in [5, 5.41) is 8.64. The number of hydrogen-bond acceptors (Lipinski definition) is 4. The van der Waals surface area contributed by atoms with Gasteiger partial charge >= 0.3 is 5.97 Å². The van der Waals surface area contributed by atoms with E-state index in [0.29, 0.717) is 9.23 Å². The summed E-state index contributed by atoms with van der Waals surface area (Å²) in [7, 11) is 0. The van der Waals surface area contributed by atoms with Crippen LogP contribution in [-0.2, 0) is 9.59 Å². The second kappa shape index (κ2) is 5.99. The second-order valence-electron chi connectivity index (χ2n) is 3.89. The summed E-state index contributed by atoms with van der Waals surface area (Å²) in [4.78, 5) is 24.5. The molecule has 1 aromatic carbocycles. The van der Waals surface area contributed by atoms with Crippen molar-refractivity contribution in [3.05, 3.63) is 40.8 Å². The number of carbonyl (C=O) groups excluding carboxylic acids is 1. The number of aliphatic carboxylic acids is 1. The Bertz CT molecular complexity index is 554. The van der Waals surface area contributed by atoms with Gasteiger partial charge < -0.3 is 5.11 Å². The summed E-state index contributed by atoms with van der Waals surface area (Å²) in [6, 6.07) is 9.46. The molecule has 0 spiro atoms. The molecule has 0 atom stereocenters. The summed E-state index contributed by atoms with van der Waals surface area (Å²) in [6.45, 7) is 0.117.